The Morgan fingerprint density at radius 3 is 2.62 bits per heavy atom. The highest BCUT2D eigenvalue weighted by Crippen LogP contribution is 2.27. The van der Waals surface area contributed by atoms with Crippen LogP contribution in [-0.2, 0) is 4.74 Å². The SMILES string of the molecule is Cc1ccc(N2CCC(NCC3(C)COC3)CC2)cc1Cl. The van der Waals surface area contributed by atoms with Crippen molar-refractivity contribution in [3.8, 4) is 0 Å². The van der Waals surface area contributed by atoms with Crippen LogP contribution in [0.25, 0.3) is 0 Å². The summed E-state index contributed by atoms with van der Waals surface area (Å²) in [5.41, 5.74) is 2.76. The molecular weight excluding hydrogens is 284 g/mol. The van der Waals surface area contributed by atoms with Gasteiger partial charge in [-0.1, -0.05) is 24.6 Å². The molecule has 2 aliphatic heterocycles. The molecule has 0 spiro atoms. The minimum absolute atomic E-state index is 0.363. The summed E-state index contributed by atoms with van der Waals surface area (Å²) in [5.74, 6) is 0. The van der Waals surface area contributed by atoms with Crippen molar-refractivity contribution in [2.75, 3.05) is 37.7 Å². The van der Waals surface area contributed by atoms with Gasteiger partial charge in [0.05, 0.1) is 13.2 Å². The van der Waals surface area contributed by atoms with Gasteiger partial charge in [0.15, 0.2) is 0 Å². The lowest BCUT2D eigenvalue weighted by molar-refractivity contribution is -0.100. The number of piperidine rings is 1. The summed E-state index contributed by atoms with van der Waals surface area (Å²) in [6, 6.07) is 7.03. The summed E-state index contributed by atoms with van der Waals surface area (Å²) in [6.07, 6.45) is 2.39. The van der Waals surface area contributed by atoms with E-state index >= 15 is 0 Å². The number of ether oxygens (including phenoxy) is 1. The molecule has 0 amide bonds. The first-order chi connectivity index (χ1) is 10.1. The number of nitrogens with zero attached hydrogens (tertiary/aromatic N) is 1. The van der Waals surface area contributed by atoms with Crippen LogP contribution >= 0.6 is 11.6 Å². The van der Waals surface area contributed by atoms with Crippen molar-refractivity contribution < 1.29 is 4.74 Å². The van der Waals surface area contributed by atoms with Crippen molar-refractivity contribution >= 4 is 17.3 Å². The van der Waals surface area contributed by atoms with E-state index in [0.717, 1.165) is 43.4 Å². The Kier molecular flexibility index (Phi) is 4.43. The molecule has 3 rings (SSSR count). The van der Waals surface area contributed by atoms with E-state index in [-0.39, 0.29) is 0 Å². The lowest BCUT2D eigenvalue weighted by Gasteiger charge is -2.41. The Balaban J connectivity index is 1.49. The zero-order chi connectivity index (χ0) is 14.9. The maximum absolute atomic E-state index is 6.23. The lowest BCUT2D eigenvalue weighted by Crippen LogP contribution is -2.51. The van der Waals surface area contributed by atoms with Gasteiger partial charge in [-0.3, -0.25) is 0 Å². The third-order valence-corrected chi connectivity index (χ3v) is 5.14. The van der Waals surface area contributed by atoms with Gasteiger partial charge in [-0.15, -0.1) is 0 Å². The molecule has 2 aliphatic rings. The first-order valence-corrected chi connectivity index (χ1v) is 8.26. The molecule has 1 aromatic carbocycles. The van der Waals surface area contributed by atoms with Gasteiger partial charge in [0.25, 0.3) is 0 Å². The fourth-order valence-electron chi connectivity index (χ4n) is 3.06. The molecule has 2 heterocycles. The molecule has 4 heteroatoms. The van der Waals surface area contributed by atoms with E-state index < -0.39 is 0 Å². The fourth-order valence-corrected chi connectivity index (χ4v) is 3.24. The van der Waals surface area contributed by atoms with E-state index in [2.05, 4.69) is 35.3 Å². The van der Waals surface area contributed by atoms with E-state index in [1.807, 2.05) is 6.92 Å². The van der Waals surface area contributed by atoms with Crippen molar-refractivity contribution in [2.45, 2.75) is 32.7 Å². The summed E-state index contributed by atoms with van der Waals surface area (Å²) in [6.45, 7) is 9.43. The second-order valence-electron chi connectivity index (χ2n) is 6.88. The molecule has 2 fully saturated rings. The number of anilines is 1. The van der Waals surface area contributed by atoms with Gasteiger partial charge in [-0.2, -0.15) is 0 Å². The van der Waals surface area contributed by atoms with Crippen molar-refractivity contribution in [3.05, 3.63) is 28.8 Å². The molecule has 0 bridgehead atoms. The van der Waals surface area contributed by atoms with Crippen molar-refractivity contribution in [1.29, 1.82) is 0 Å². The molecule has 0 atom stereocenters. The Morgan fingerprint density at radius 1 is 1.33 bits per heavy atom. The molecule has 0 saturated carbocycles. The zero-order valence-corrected chi connectivity index (χ0v) is 13.7. The third-order valence-electron chi connectivity index (χ3n) is 4.73. The molecule has 116 valence electrons. The Bertz CT molecular complexity index is 494. The number of rotatable bonds is 4. The number of hydrogen-bond donors (Lipinski definition) is 1. The van der Waals surface area contributed by atoms with Crippen molar-refractivity contribution in [1.82, 2.24) is 5.32 Å². The van der Waals surface area contributed by atoms with Gasteiger partial charge in [-0.25, -0.2) is 0 Å². The second kappa shape index (κ2) is 6.15. The Hall–Kier alpha value is -0.770. The van der Waals surface area contributed by atoms with Gasteiger partial charge in [0.2, 0.25) is 0 Å². The molecule has 0 aromatic heterocycles. The quantitative estimate of drug-likeness (QED) is 0.924. The van der Waals surface area contributed by atoms with E-state index in [1.54, 1.807) is 0 Å². The van der Waals surface area contributed by atoms with E-state index in [1.165, 1.54) is 18.5 Å². The van der Waals surface area contributed by atoms with Crippen LogP contribution in [0.5, 0.6) is 0 Å². The van der Waals surface area contributed by atoms with Gasteiger partial charge in [0, 0.05) is 41.8 Å². The summed E-state index contributed by atoms with van der Waals surface area (Å²) < 4.78 is 5.31. The first kappa shape index (κ1) is 15.1. The van der Waals surface area contributed by atoms with Crippen molar-refractivity contribution in [2.24, 2.45) is 5.41 Å². The zero-order valence-electron chi connectivity index (χ0n) is 13.0. The standard InChI is InChI=1S/C17H25ClN2O/c1-13-3-4-15(9-16(13)18)20-7-5-14(6-8-20)19-10-17(2)11-21-12-17/h3-4,9,14,19H,5-8,10-12H2,1-2H3. The highest BCUT2D eigenvalue weighted by Gasteiger charge is 2.33. The minimum atomic E-state index is 0.363. The van der Waals surface area contributed by atoms with E-state index in [4.69, 9.17) is 16.3 Å². The molecule has 2 saturated heterocycles. The van der Waals surface area contributed by atoms with Crippen LogP contribution in [0.4, 0.5) is 5.69 Å². The van der Waals surface area contributed by atoms with Gasteiger partial charge < -0.3 is 15.0 Å². The smallest absolute Gasteiger partial charge is 0.0554 e. The molecule has 1 N–H and O–H groups in total. The van der Waals surface area contributed by atoms with Crippen molar-refractivity contribution in [3.63, 3.8) is 0 Å². The molecule has 1 aromatic rings. The molecule has 3 nitrogen and oxygen atoms in total. The predicted molar refractivity (Wildman–Crippen MR) is 88.4 cm³/mol. The predicted octanol–water partition coefficient (Wildman–Crippen LogP) is 3.24. The number of nitrogens with one attached hydrogen (secondary N) is 1. The average Bonchev–Trinajstić information content (AvgIpc) is 2.47. The second-order valence-corrected chi connectivity index (χ2v) is 7.29. The minimum Gasteiger partial charge on any atom is -0.380 e. The van der Waals surface area contributed by atoms with E-state index in [9.17, 15) is 0 Å². The molecule has 0 aliphatic carbocycles. The largest absolute Gasteiger partial charge is 0.380 e. The maximum Gasteiger partial charge on any atom is 0.0554 e. The lowest BCUT2D eigenvalue weighted by atomic mass is 9.88. The topological polar surface area (TPSA) is 24.5 Å². The van der Waals surface area contributed by atoms with Crippen LogP contribution in [-0.4, -0.2) is 38.9 Å². The normalized spacial score (nSPS) is 22.1. The van der Waals surface area contributed by atoms with Crippen LogP contribution < -0.4 is 10.2 Å². The third kappa shape index (κ3) is 3.53. The maximum atomic E-state index is 6.23. The van der Waals surface area contributed by atoms with Crippen LogP contribution in [0.1, 0.15) is 25.3 Å². The molecule has 21 heavy (non-hydrogen) atoms. The summed E-state index contributed by atoms with van der Waals surface area (Å²) in [7, 11) is 0. The molecule has 0 unspecified atom stereocenters. The molecule has 0 radical (unpaired) electrons. The van der Waals surface area contributed by atoms with Gasteiger partial charge >= 0.3 is 0 Å². The fraction of sp³-hybridized carbons (Fsp3) is 0.647. The van der Waals surface area contributed by atoms with Crippen LogP contribution in [0, 0.1) is 12.3 Å². The average molecular weight is 309 g/mol. The Labute approximate surface area is 132 Å². The highest BCUT2D eigenvalue weighted by molar-refractivity contribution is 6.31. The monoisotopic (exact) mass is 308 g/mol. The van der Waals surface area contributed by atoms with Gasteiger partial charge in [-0.05, 0) is 37.5 Å². The van der Waals surface area contributed by atoms with Crippen LogP contribution in [0.2, 0.25) is 5.02 Å². The number of hydrogen-bond acceptors (Lipinski definition) is 3. The number of halogens is 1. The summed E-state index contributed by atoms with van der Waals surface area (Å²) >= 11 is 6.23. The highest BCUT2D eigenvalue weighted by atomic mass is 35.5. The Morgan fingerprint density at radius 2 is 2.05 bits per heavy atom. The van der Waals surface area contributed by atoms with Crippen LogP contribution in [0.15, 0.2) is 18.2 Å². The number of benzene rings is 1. The van der Waals surface area contributed by atoms with Gasteiger partial charge in [0.1, 0.15) is 0 Å². The first-order valence-electron chi connectivity index (χ1n) is 7.88. The van der Waals surface area contributed by atoms with E-state index in [0.29, 0.717) is 11.5 Å². The molecular formula is C17H25ClN2O. The number of aryl methyl sites for hydroxylation is 1. The summed E-state index contributed by atoms with van der Waals surface area (Å²) in [4.78, 5) is 2.44. The van der Waals surface area contributed by atoms with Crippen LogP contribution in [0.3, 0.4) is 0 Å². The summed E-state index contributed by atoms with van der Waals surface area (Å²) in [5, 5.41) is 4.59.